The maximum atomic E-state index is 13.7. The molecular formula is C19H19FN4O4. The number of amides is 2. The molecule has 0 aliphatic rings. The van der Waals surface area contributed by atoms with Gasteiger partial charge in [0.1, 0.15) is 11.9 Å². The topological polar surface area (TPSA) is 114 Å². The molecule has 0 fully saturated rings. The van der Waals surface area contributed by atoms with E-state index in [2.05, 4.69) is 15.8 Å². The van der Waals surface area contributed by atoms with Gasteiger partial charge in [-0.2, -0.15) is 5.10 Å². The molecule has 0 saturated heterocycles. The van der Waals surface area contributed by atoms with E-state index in [1.54, 1.807) is 13.8 Å². The fourth-order valence-corrected chi connectivity index (χ4v) is 2.32. The summed E-state index contributed by atoms with van der Waals surface area (Å²) in [5.74, 6) is -2.23. The second-order valence-electron chi connectivity index (χ2n) is 6.26. The number of hydrazone groups is 1. The standard InChI is InChI=1S/C19H19FN4O4/c1-12(2)17(22-18(25)15-5-3-4-6-16(15)20)19(26)23-21-11-13-7-9-14(10-8-13)24(27)28/h3-12,17H,1-2H3,(H,22,25)(H,23,26). The van der Waals surface area contributed by atoms with Gasteiger partial charge in [0.25, 0.3) is 17.5 Å². The summed E-state index contributed by atoms with van der Waals surface area (Å²) in [7, 11) is 0. The number of rotatable bonds is 7. The van der Waals surface area contributed by atoms with E-state index in [-0.39, 0.29) is 17.2 Å². The molecule has 2 aromatic rings. The second kappa shape index (κ2) is 9.36. The van der Waals surface area contributed by atoms with E-state index in [4.69, 9.17) is 0 Å². The quantitative estimate of drug-likeness (QED) is 0.432. The van der Waals surface area contributed by atoms with Crippen molar-refractivity contribution in [3.05, 3.63) is 75.6 Å². The number of halogens is 1. The molecule has 1 unspecified atom stereocenters. The Hall–Kier alpha value is -3.62. The first-order valence-corrected chi connectivity index (χ1v) is 8.42. The monoisotopic (exact) mass is 386 g/mol. The van der Waals surface area contributed by atoms with Crippen molar-refractivity contribution in [2.75, 3.05) is 0 Å². The van der Waals surface area contributed by atoms with Gasteiger partial charge in [0.15, 0.2) is 0 Å². The van der Waals surface area contributed by atoms with E-state index in [9.17, 15) is 24.1 Å². The van der Waals surface area contributed by atoms with Crippen LogP contribution in [0, 0.1) is 21.8 Å². The minimum Gasteiger partial charge on any atom is -0.340 e. The third-order valence-corrected chi connectivity index (χ3v) is 3.85. The first kappa shape index (κ1) is 20.7. The van der Waals surface area contributed by atoms with Crippen LogP contribution in [-0.2, 0) is 4.79 Å². The molecular weight excluding hydrogens is 367 g/mol. The molecule has 2 amide bonds. The molecule has 0 heterocycles. The van der Waals surface area contributed by atoms with Gasteiger partial charge in [-0.15, -0.1) is 0 Å². The Morgan fingerprint density at radius 1 is 1.14 bits per heavy atom. The van der Waals surface area contributed by atoms with Gasteiger partial charge in [0, 0.05) is 12.1 Å². The van der Waals surface area contributed by atoms with Crippen molar-refractivity contribution >= 4 is 23.7 Å². The number of benzene rings is 2. The van der Waals surface area contributed by atoms with Crippen LogP contribution in [0.4, 0.5) is 10.1 Å². The average Bonchev–Trinajstić information content (AvgIpc) is 2.66. The van der Waals surface area contributed by atoms with Crippen LogP contribution in [0.15, 0.2) is 53.6 Å². The van der Waals surface area contributed by atoms with E-state index in [0.717, 1.165) is 6.07 Å². The summed E-state index contributed by atoms with van der Waals surface area (Å²) in [5.41, 5.74) is 2.64. The van der Waals surface area contributed by atoms with Crippen LogP contribution in [0.5, 0.6) is 0 Å². The van der Waals surface area contributed by atoms with Gasteiger partial charge in [0.05, 0.1) is 16.7 Å². The molecule has 2 rings (SSSR count). The average molecular weight is 386 g/mol. The van der Waals surface area contributed by atoms with Crippen molar-refractivity contribution in [1.29, 1.82) is 0 Å². The third-order valence-electron chi connectivity index (χ3n) is 3.85. The molecule has 146 valence electrons. The van der Waals surface area contributed by atoms with Crippen molar-refractivity contribution in [3.63, 3.8) is 0 Å². The summed E-state index contributed by atoms with van der Waals surface area (Å²) < 4.78 is 13.7. The highest BCUT2D eigenvalue weighted by Crippen LogP contribution is 2.11. The van der Waals surface area contributed by atoms with Crippen LogP contribution in [-0.4, -0.2) is 29.0 Å². The van der Waals surface area contributed by atoms with Crippen molar-refractivity contribution in [2.24, 2.45) is 11.0 Å². The Kier molecular flexibility index (Phi) is 6.91. The maximum absolute atomic E-state index is 13.7. The lowest BCUT2D eigenvalue weighted by Gasteiger charge is -2.20. The number of hydrogen-bond donors (Lipinski definition) is 2. The van der Waals surface area contributed by atoms with Crippen molar-refractivity contribution in [1.82, 2.24) is 10.7 Å². The molecule has 8 nitrogen and oxygen atoms in total. The third kappa shape index (κ3) is 5.44. The molecule has 28 heavy (non-hydrogen) atoms. The number of carbonyl (C=O) groups excluding carboxylic acids is 2. The lowest BCUT2D eigenvalue weighted by molar-refractivity contribution is -0.384. The molecule has 0 aliphatic heterocycles. The SMILES string of the molecule is CC(C)C(NC(=O)c1ccccc1F)C(=O)NN=Cc1ccc([N+](=O)[O-])cc1. The fourth-order valence-electron chi connectivity index (χ4n) is 2.32. The molecule has 0 aliphatic carbocycles. The molecule has 0 bridgehead atoms. The number of nitrogens with one attached hydrogen (secondary N) is 2. The molecule has 2 aromatic carbocycles. The first-order valence-electron chi connectivity index (χ1n) is 8.42. The lowest BCUT2D eigenvalue weighted by Crippen LogP contribution is -2.48. The highest BCUT2D eigenvalue weighted by Gasteiger charge is 2.25. The van der Waals surface area contributed by atoms with Gasteiger partial charge in [-0.1, -0.05) is 26.0 Å². The Morgan fingerprint density at radius 3 is 2.36 bits per heavy atom. The summed E-state index contributed by atoms with van der Waals surface area (Å²) in [6, 6.07) is 10.1. The zero-order valence-electron chi connectivity index (χ0n) is 15.3. The highest BCUT2D eigenvalue weighted by atomic mass is 19.1. The van der Waals surface area contributed by atoms with Crippen molar-refractivity contribution < 1.29 is 18.9 Å². The Bertz CT molecular complexity index is 897. The second-order valence-corrected chi connectivity index (χ2v) is 6.26. The molecule has 0 aromatic heterocycles. The Morgan fingerprint density at radius 2 is 1.79 bits per heavy atom. The number of carbonyl (C=O) groups is 2. The largest absolute Gasteiger partial charge is 0.340 e. The van der Waals surface area contributed by atoms with Crippen molar-refractivity contribution in [2.45, 2.75) is 19.9 Å². The van der Waals surface area contributed by atoms with Gasteiger partial charge in [-0.05, 0) is 35.7 Å². The fraction of sp³-hybridized carbons (Fsp3) is 0.211. The molecule has 0 radical (unpaired) electrons. The van der Waals surface area contributed by atoms with Crippen LogP contribution in [0.2, 0.25) is 0 Å². The highest BCUT2D eigenvalue weighted by molar-refractivity contribution is 5.98. The van der Waals surface area contributed by atoms with E-state index in [1.165, 1.54) is 48.7 Å². The first-order chi connectivity index (χ1) is 13.3. The van der Waals surface area contributed by atoms with Crippen LogP contribution in [0.1, 0.15) is 29.8 Å². The van der Waals surface area contributed by atoms with Crippen LogP contribution in [0.25, 0.3) is 0 Å². The summed E-state index contributed by atoms with van der Waals surface area (Å²) in [6.07, 6.45) is 1.32. The molecule has 2 N–H and O–H groups in total. The minimum absolute atomic E-state index is 0.0584. The molecule has 1 atom stereocenters. The van der Waals surface area contributed by atoms with Gasteiger partial charge in [-0.25, -0.2) is 9.82 Å². The van der Waals surface area contributed by atoms with Crippen LogP contribution in [0.3, 0.4) is 0 Å². The number of nitro groups is 1. The summed E-state index contributed by atoms with van der Waals surface area (Å²) >= 11 is 0. The van der Waals surface area contributed by atoms with Gasteiger partial charge in [0.2, 0.25) is 0 Å². The van der Waals surface area contributed by atoms with E-state index >= 15 is 0 Å². The van der Waals surface area contributed by atoms with E-state index < -0.39 is 28.6 Å². The van der Waals surface area contributed by atoms with Crippen LogP contribution < -0.4 is 10.7 Å². The Balaban J connectivity index is 2.01. The summed E-state index contributed by atoms with van der Waals surface area (Å²) in [6.45, 7) is 3.46. The normalized spacial score (nSPS) is 12.0. The smallest absolute Gasteiger partial charge is 0.269 e. The van der Waals surface area contributed by atoms with Gasteiger partial charge < -0.3 is 5.32 Å². The summed E-state index contributed by atoms with van der Waals surface area (Å²) in [4.78, 5) is 34.7. The Labute approximate surface area is 160 Å². The minimum atomic E-state index is -0.930. The number of hydrogen-bond acceptors (Lipinski definition) is 5. The van der Waals surface area contributed by atoms with E-state index in [0.29, 0.717) is 5.56 Å². The number of non-ortho nitro benzene ring substituents is 1. The maximum Gasteiger partial charge on any atom is 0.269 e. The predicted octanol–water partition coefficient (Wildman–Crippen LogP) is 2.64. The summed E-state index contributed by atoms with van der Waals surface area (Å²) in [5, 5.41) is 16.9. The van der Waals surface area contributed by atoms with Crippen molar-refractivity contribution in [3.8, 4) is 0 Å². The van der Waals surface area contributed by atoms with Gasteiger partial charge in [-0.3, -0.25) is 19.7 Å². The predicted molar refractivity (Wildman–Crippen MR) is 101 cm³/mol. The molecule has 0 spiro atoms. The zero-order valence-corrected chi connectivity index (χ0v) is 15.3. The lowest BCUT2D eigenvalue weighted by atomic mass is 10.0. The van der Waals surface area contributed by atoms with Gasteiger partial charge >= 0.3 is 0 Å². The van der Waals surface area contributed by atoms with Crippen LogP contribution >= 0.6 is 0 Å². The zero-order chi connectivity index (χ0) is 20.7. The van der Waals surface area contributed by atoms with E-state index in [1.807, 2.05) is 0 Å². The number of nitrogens with zero attached hydrogens (tertiary/aromatic N) is 2. The number of nitro benzene ring substituents is 1. The molecule has 0 saturated carbocycles. The molecule has 9 heteroatoms.